The van der Waals surface area contributed by atoms with Crippen LogP contribution in [0.1, 0.15) is 24.1 Å². The molecule has 1 aromatic heterocycles. The van der Waals surface area contributed by atoms with Crippen molar-refractivity contribution in [2.75, 3.05) is 11.6 Å². The quantitative estimate of drug-likeness (QED) is 0.382. The summed E-state index contributed by atoms with van der Waals surface area (Å²) in [5.74, 6) is -0.463. The van der Waals surface area contributed by atoms with Gasteiger partial charge in [-0.3, -0.25) is 9.78 Å². The van der Waals surface area contributed by atoms with Crippen LogP contribution in [0.2, 0.25) is 0 Å². The highest BCUT2D eigenvalue weighted by Gasteiger charge is 2.16. The minimum absolute atomic E-state index is 0.0999. The molecule has 6 heteroatoms. The van der Waals surface area contributed by atoms with E-state index < -0.39 is 9.84 Å². The van der Waals surface area contributed by atoms with Crippen molar-refractivity contribution in [1.82, 2.24) is 4.98 Å². The fourth-order valence-electron chi connectivity index (χ4n) is 3.76. The summed E-state index contributed by atoms with van der Waals surface area (Å²) in [5, 5.41) is 3.00. The van der Waals surface area contributed by atoms with Gasteiger partial charge in [0, 0.05) is 23.8 Å². The molecule has 1 N–H and O–H groups in total. The van der Waals surface area contributed by atoms with Crippen LogP contribution in [-0.4, -0.2) is 25.6 Å². The Morgan fingerprint density at radius 3 is 2.06 bits per heavy atom. The van der Waals surface area contributed by atoms with Crippen LogP contribution in [0, 0.1) is 6.92 Å². The molecule has 0 saturated heterocycles. The number of aryl methyl sites for hydroxylation is 1. The molecule has 0 fully saturated rings. The third-order valence-corrected chi connectivity index (χ3v) is 6.91. The Morgan fingerprint density at radius 2 is 1.44 bits per heavy atom. The van der Waals surface area contributed by atoms with Gasteiger partial charge in [-0.1, -0.05) is 48.5 Å². The molecule has 1 amide bonds. The number of nitrogens with one attached hydrogen (secondary N) is 1. The molecule has 5 nitrogen and oxygen atoms in total. The number of rotatable bonds is 6. The maximum Gasteiger partial charge on any atom is 0.231 e. The Hall–Kier alpha value is -3.77. The smallest absolute Gasteiger partial charge is 0.231 e. The van der Waals surface area contributed by atoms with Crippen molar-refractivity contribution in [3.05, 3.63) is 102 Å². The van der Waals surface area contributed by atoms with Gasteiger partial charge in [-0.05, 0) is 78.1 Å². The molecule has 0 radical (unpaired) electrons. The topological polar surface area (TPSA) is 76.1 Å². The van der Waals surface area contributed by atoms with E-state index in [0.29, 0.717) is 0 Å². The summed E-state index contributed by atoms with van der Waals surface area (Å²) in [6, 6.07) is 26.3. The average molecular weight is 471 g/mol. The standard InChI is InChI=1S/C28H26N2O3S/c1-19-17-25(15-16-29-19)21-7-11-26(12-8-21)30-28(31)20(2)23-5-4-6-24(18-23)22-9-13-27(14-10-22)34(3,32)33/h4-18,20H,1-3H3,(H,30,31). The van der Waals surface area contributed by atoms with Gasteiger partial charge in [0.25, 0.3) is 0 Å². The first-order valence-corrected chi connectivity index (χ1v) is 12.8. The average Bonchev–Trinajstić information content (AvgIpc) is 2.83. The summed E-state index contributed by atoms with van der Waals surface area (Å²) in [4.78, 5) is 17.4. The van der Waals surface area contributed by atoms with Crippen LogP contribution < -0.4 is 5.32 Å². The summed E-state index contributed by atoms with van der Waals surface area (Å²) in [7, 11) is -3.24. The second-order valence-corrected chi connectivity index (χ2v) is 10.4. The molecular weight excluding hydrogens is 444 g/mol. The maximum atomic E-state index is 12.9. The highest BCUT2D eigenvalue weighted by atomic mass is 32.2. The van der Waals surface area contributed by atoms with Gasteiger partial charge in [0.1, 0.15) is 0 Å². The van der Waals surface area contributed by atoms with Crippen LogP contribution in [-0.2, 0) is 14.6 Å². The molecule has 1 heterocycles. The number of sulfone groups is 1. The number of nitrogens with zero attached hydrogens (tertiary/aromatic N) is 1. The van der Waals surface area contributed by atoms with Crippen molar-refractivity contribution in [3.8, 4) is 22.3 Å². The zero-order valence-electron chi connectivity index (χ0n) is 19.3. The first kappa shape index (κ1) is 23.4. The van der Waals surface area contributed by atoms with Crippen molar-refractivity contribution in [2.24, 2.45) is 0 Å². The summed E-state index contributed by atoms with van der Waals surface area (Å²) in [6.07, 6.45) is 2.98. The van der Waals surface area contributed by atoms with Crippen molar-refractivity contribution < 1.29 is 13.2 Å². The Morgan fingerprint density at radius 1 is 0.824 bits per heavy atom. The van der Waals surface area contributed by atoms with Crippen LogP contribution in [0.4, 0.5) is 5.69 Å². The lowest BCUT2D eigenvalue weighted by Gasteiger charge is -2.14. The number of amides is 1. The largest absolute Gasteiger partial charge is 0.326 e. The number of benzene rings is 3. The van der Waals surface area contributed by atoms with Crippen molar-refractivity contribution >= 4 is 21.4 Å². The molecule has 0 spiro atoms. The van der Waals surface area contributed by atoms with E-state index in [1.54, 1.807) is 30.5 Å². The molecule has 1 unspecified atom stereocenters. The third-order valence-electron chi connectivity index (χ3n) is 5.78. The van der Waals surface area contributed by atoms with E-state index in [0.717, 1.165) is 39.2 Å². The molecule has 0 saturated carbocycles. The van der Waals surface area contributed by atoms with E-state index in [1.165, 1.54) is 6.26 Å². The lowest BCUT2D eigenvalue weighted by Crippen LogP contribution is -2.18. The SMILES string of the molecule is Cc1cc(-c2ccc(NC(=O)C(C)c3cccc(-c4ccc(S(C)(=O)=O)cc4)c3)cc2)ccn1. The van der Waals surface area contributed by atoms with Crippen LogP contribution in [0.5, 0.6) is 0 Å². The van der Waals surface area contributed by atoms with Crippen molar-refractivity contribution in [3.63, 3.8) is 0 Å². The molecule has 0 aliphatic carbocycles. The fraction of sp³-hybridized carbons (Fsp3) is 0.143. The van der Waals surface area contributed by atoms with E-state index in [1.807, 2.05) is 74.5 Å². The highest BCUT2D eigenvalue weighted by molar-refractivity contribution is 7.90. The number of carbonyl (C=O) groups is 1. The minimum Gasteiger partial charge on any atom is -0.326 e. The van der Waals surface area contributed by atoms with Crippen LogP contribution >= 0.6 is 0 Å². The summed E-state index contributed by atoms with van der Waals surface area (Å²) >= 11 is 0. The molecule has 34 heavy (non-hydrogen) atoms. The number of hydrogen-bond donors (Lipinski definition) is 1. The number of anilines is 1. The van der Waals surface area contributed by atoms with Gasteiger partial charge in [-0.15, -0.1) is 0 Å². The lowest BCUT2D eigenvalue weighted by atomic mass is 9.95. The molecule has 4 aromatic rings. The Balaban J connectivity index is 1.48. The highest BCUT2D eigenvalue weighted by Crippen LogP contribution is 2.27. The number of pyridine rings is 1. The zero-order valence-corrected chi connectivity index (χ0v) is 20.1. The number of carbonyl (C=O) groups excluding carboxylic acids is 1. The monoisotopic (exact) mass is 470 g/mol. The lowest BCUT2D eigenvalue weighted by molar-refractivity contribution is -0.117. The van der Waals surface area contributed by atoms with Crippen LogP contribution in [0.15, 0.2) is 96.0 Å². The van der Waals surface area contributed by atoms with E-state index in [2.05, 4.69) is 10.3 Å². The first-order valence-electron chi connectivity index (χ1n) is 10.9. The predicted octanol–water partition coefficient (Wildman–Crippen LogP) is 5.87. The van der Waals surface area contributed by atoms with E-state index >= 15 is 0 Å². The second kappa shape index (κ2) is 9.61. The van der Waals surface area contributed by atoms with Gasteiger partial charge >= 0.3 is 0 Å². The molecule has 1 atom stereocenters. The number of aromatic nitrogens is 1. The summed E-state index contributed by atoms with van der Waals surface area (Å²) in [6.45, 7) is 3.83. The fourth-order valence-corrected chi connectivity index (χ4v) is 4.39. The van der Waals surface area contributed by atoms with Crippen LogP contribution in [0.25, 0.3) is 22.3 Å². The molecule has 172 valence electrons. The van der Waals surface area contributed by atoms with Gasteiger partial charge in [0.15, 0.2) is 9.84 Å². The molecule has 0 bridgehead atoms. The molecule has 3 aromatic carbocycles. The number of hydrogen-bond acceptors (Lipinski definition) is 4. The third kappa shape index (κ3) is 5.41. The van der Waals surface area contributed by atoms with E-state index in [4.69, 9.17) is 0 Å². The second-order valence-electron chi connectivity index (χ2n) is 8.40. The van der Waals surface area contributed by atoms with Gasteiger partial charge in [0.05, 0.1) is 10.8 Å². The van der Waals surface area contributed by atoms with Gasteiger partial charge < -0.3 is 5.32 Å². The van der Waals surface area contributed by atoms with Gasteiger partial charge in [0.2, 0.25) is 5.91 Å². The Bertz CT molecular complexity index is 1430. The maximum absolute atomic E-state index is 12.9. The van der Waals surface area contributed by atoms with Crippen molar-refractivity contribution in [2.45, 2.75) is 24.7 Å². The molecule has 0 aliphatic rings. The van der Waals surface area contributed by atoms with E-state index in [9.17, 15) is 13.2 Å². The first-order chi connectivity index (χ1) is 16.2. The Kier molecular flexibility index (Phi) is 6.61. The zero-order chi connectivity index (χ0) is 24.3. The van der Waals surface area contributed by atoms with E-state index in [-0.39, 0.29) is 16.7 Å². The van der Waals surface area contributed by atoms with Crippen LogP contribution in [0.3, 0.4) is 0 Å². The predicted molar refractivity (Wildman–Crippen MR) is 136 cm³/mol. The van der Waals surface area contributed by atoms with Gasteiger partial charge in [-0.25, -0.2) is 8.42 Å². The van der Waals surface area contributed by atoms with Gasteiger partial charge in [-0.2, -0.15) is 0 Å². The molecule has 4 rings (SSSR count). The molecular formula is C28H26N2O3S. The normalized spacial score (nSPS) is 12.2. The Labute approximate surface area is 200 Å². The minimum atomic E-state index is -3.24. The summed E-state index contributed by atoms with van der Waals surface area (Å²) in [5.41, 5.74) is 6.53. The summed E-state index contributed by atoms with van der Waals surface area (Å²) < 4.78 is 23.4. The molecule has 0 aliphatic heterocycles. The van der Waals surface area contributed by atoms with Crippen molar-refractivity contribution in [1.29, 1.82) is 0 Å².